The van der Waals surface area contributed by atoms with Gasteiger partial charge in [0.1, 0.15) is 5.75 Å². The first-order chi connectivity index (χ1) is 25.3. The van der Waals surface area contributed by atoms with Crippen LogP contribution in [-0.4, -0.2) is 70.1 Å². The molecule has 4 aromatic carbocycles. The molecular weight excluding hydrogens is 656 g/mol. The summed E-state index contributed by atoms with van der Waals surface area (Å²) in [6, 6.07) is 30.9. The molecule has 52 heavy (non-hydrogen) atoms. The Hall–Kier alpha value is -5.16. The molecule has 10 heteroatoms. The number of hydrogen-bond donors (Lipinski definition) is 5. The van der Waals surface area contributed by atoms with Gasteiger partial charge >= 0.3 is 6.09 Å². The standard InChI is InChI=1S/C42H46N4O6/c47-39-24-35-34(13-7-14-36(35)44-41(39)49)40(48)26-43-25-29-9-6-12-32(22-29)52-21-5-4-8-28-15-16-33(30-10-2-1-3-11-30)37(23-28)46(42(50)51)38-27-45-19-17-31(38)18-20-45/h1-3,6-7,9-16,22-24,31,38,40,43,47-48H,4-5,8,17-21,25-27H2,(H,44,49)(H,50,51)/t38-,40+/m0/s1. The SMILES string of the molecule is O=C(O)N(c1cc(CCCCOc2cccc(CNC[C@@H](O)c3cccc4[nH]c(=O)c(O)cc34)c2)ccc1-c1ccccc1)[C@H]1CN2CCC1CC2. The summed E-state index contributed by atoms with van der Waals surface area (Å²) in [4.78, 5) is 31.4. The number of nitrogens with one attached hydrogen (secondary N) is 2. The molecule has 0 unspecified atom stereocenters. The maximum Gasteiger partial charge on any atom is 0.412 e. The van der Waals surface area contributed by atoms with Crippen molar-refractivity contribution in [2.45, 2.75) is 50.8 Å². The lowest BCUT2D eigenvalue weighted by molar-refractivity contribution is 0.0837. The number of carboxylic acid groups (broad SMARTS) is 1. The number of benzene rings is 4. The molecule has 8 rings (SSSR count). The highest BCUT2D eigenvalue weighted by Crippen LogP contribution is 2.39. The van der Waals surface area contributed by atoms with Gasteiger partial charge in [0.05, 0.1) is 24.4 Å². The summed E-state index contributed by atoms with van der Waals surface area (Å²) in [5, 5.41) is 35.2. The minimum atomic E-state index is -0.889. The normalized spacial score (nSPS) is 18.7. The highest BCUT2D eigenvalue weighted by molar-refractivity contribution is 5.94. The number of amides is 1. The van der Waals surface area contributed by atoms with E-state index in [0.29, 0.717) is 35.5 Å². The number of aryl methyl sites for hydroxylation is 1. The van der Waals surface area contributed by atoms with Gasteiger partial charge in [0.2, 0.25) is 0 Å². The second kappa shape index (κ2) is 16.0. The number of aromatic amines is 1. The fourth-order valence-electron chi connectivity index (χ4n) is 7.81. The largest absolute Gasteiger partial charge is 0.503 e. The molecule has 0 spiro atoms. The number of H-pyrrole nitrogens is 1. The molecule has 0 aliphatic carbocycles. The van der Waals surface area contributed by atoms with Gasteiger partial charge in [-0.05, 0) is 104 Å². The molecule has 2 atom stereocenters. The van der Waals surface area contributed by atoms with E-state index >= 15 is 0 Å². The predicted octanol–water partition coefficient (Wildman–Crippen LogP) is 6.70. The number of rotatable bonds is 14. The average molecular weight is 703 g/mol. The van der Waals surface area contributed by atoms with Gasteiger partial charge in [0, 0.05) is 36.1 Å². The van der Waals surface area contributed by atoms with Crippen LogP contribution in [0, 0.1) is 5.92 Å². The van der Waals surface area contributed by atoms with Crippen LogP contribution in [0.3, 0.4) is 0 Å². The van der Waals surface area contributed by atoms with Crippen LogP contribution in [0.1, 0.15) is 48.5 Å². The molecule has 4 heterocycles. The number of aromatic nitrogens is 1. The second-order valence-corrected chi connectivity index (χ2v) is 14.0. The van der Waals surface area contributed by atoms with Crippen molar-refractivity contribution in [2.24, 2.45) is 5.92 Å². The van der Waals surface area contributed by atoms with E-state index in [0.717, 1.165) is 85.4 Å². The monoisotopic (exact) mass is 702 g/mol. The zero-order chi connectivity index (χ0) is 36.0. The van der Waals surface area contributed by atoms with E-state index < -0.39 is 17.8 Å². The van der Waals surface area contributed by atoms with E-state index in [-0.39, 0.29) is 18.3 Å². The van der Waals surface area contributed by atoms with Gasteiger partial charge in [-0.25, -0.2) is 4.79 Å². The van der Waals surface area contributed by atoms with Gasteiger partial charge in [-0.15, -0.1) is 0 Å². The number of aliphatic hydroxyl groups is 1. The molecule has 5 aromatic rings. The van der Waals surface area contributed by atoms with E-state index in [2.05, 4.69) is 33.4 Å². The number of aromatic hydroxyl groups is 1. The Morgan fingerprint density at radius 2 is 1.75 bits per heavy atom. The first-order valence-electron chi connectivity index (χ1n) is 18.2. The van der Waals surface area contributed by atoms with Crippen LogP contribution in [0.5, 0.6) is 11.5 Å². The van der Waals surface area contributed by atoms with Gasteiger partial charge < -0.3 is 35.3 Å². The Kier molecular flexibility index (Phi) is 10.9. The number of ether oxygens (including phenoxy) is 1. The van der Waals surface area contributed by atoms with Gasteiger partial charge in [-0.1, -0.05) is 66.7 Å². The third-order valence-electron chi connectivity index (χ3n) is 10.5. The zero-order valence-electron chi connectivity index (χ0n) is 29.2. The minimum Gasteiger partial charge on any atom is -0.503 e. The summed E-state index contributed by atoms with van der Waals surface area (Å²) in [6.07, 6.45) is 2.92. The lowest BCUT2D eigenvalue weighted by atomic mass is 9.82. The lowest BCUT2D eigenvalue weighted by Crippen LogP contribution is -2.59. The van der Waals surface area contributed by atoms with Crippen molar-refractivity contribution in [3.05, 3.63) is 124 Å². The Balaban J connectivity index is 0.935. The zero-order valence-corrected chi connectivity index (χ0v) is 29.2. The Morgan fingerprint density at radius 1 is 0.942 bits per heavy atom. The molecule has 1 amide bonds. The van der Waals surface area contributed by atoms with Crippen molar-refractivity contribution in [3.63, 3.8) is 0 Å². The number of carbonyl (C=O) groups is 1. The molecular formula is C42H46N4O6. The van der Waals surface area contributed by atoms with Crippen molar-refractivity contribution in [1.82, 2.24) is 15.2 Å². The maximum atomic E-state index is 12.9. The summed E-state index contributed by atoms with van der Waals surface area (Å²) in [7, 11) is 0. The van der Waals surface area contributed by atoms with Crippen molar-refractivity contribution in [3.8, 4) is 22.6 Å². The summed E-state index contributed by atoms with van der Waals surface area (Å²) in [5.41, 5.74) is 5.48. The second-order valence-electron chi connectivity index (χ2n) is 14.0. The van der Waals surface area contributed by atoms with Gasteiger partial charge in [0.25, 0.3) is 5.56 Å². The third-order valence-corrected chi connectivity index (χ3v) is 10.5. The summed E-state index contributed by atoms with van der Waals surface area (Å²) >= 11 is 0. The predicted molar refractivity (Wildman–Crippen MR) is 203 cm³/mol. The first-order valence-corrected chi connectivity index (χ1v) is 18.2. The van der Waals surface area contributed by atoms with Crippen molar-refractivity contribution in [2.75, 3.05) is 37.7 Å². The fraction of sp³-hybridized carbons (Fsp3) is 0.333. The van der Waals surface area contributed by atoms with Crippen molar-refractivity contribution >= 4 is 22.7 Å². The van der Waals surface area contributed by atoms with Crippen LogP contribution in [-0.2, 0) is 13.0 Å². The number of pyridine rings is 1. The van der Waals surface area contributed by atoms with Crippen molar-refractivity contribution < 1.29 is 24.9 Å². The van der Waals surface area contributed by atoms with Gasteiger partial charge in [0.15, 0.2) is 5.75 Å². The number of anilines is 1. The number of nitrogens with zero attached hydrogens (tertiary/aromatic N) is 2. The van der Waals surface area contributed by atoms with E-state index in [9.17, 15) is 24.9 Å². The third kappa shape index (κ3) is 7.99. The van der Waals surface area contributed by atoms with Crippen LogP contribution in [0.4, 0.5) is 10.5 Å². The van der Waals surface area contributed by atoms with Crippen molar-refractivity contribution in [1.29, 1.82) is 0 Å². The molecule has 3 saturated heterocycles. The highest BCUT2D eigenvalue weighted by Gasteiger charge is 2.40. The van der Waals surface area contributed by atoms with E-state index in [1.807, 2.05) is 54.6 Å². The molecule has 1 aromatic heterocycles. The number of piperidine rings is 3. The summed E-state index contributed by atoms with van der Waals surface area (Å²) in [5.74, 6) is 0.773. The Bertz CT molecular complexity index is 2060. The molecule has 3 aliphatic rings. The van der Waals surface area contributed by atoms with Crippen LogP contribution in [0.15, 0.2) is 102 Å². The summed E-state index contributed by atoms with van der Waals surface area (Å²) < 4.78 is 6.11. The van der Waals surface area contributed by atoms with Crippen LogP contribution in [0.25, 0.3) is 22.0 Å². The van der Waals surface area contributed by atoms with Crippen LogP contribution in [0.2, 0.25) is 0 Å². The molecule has 3 fully saturated rings. The Labute approximate surface area is 303 Å². The smallest absolute Gasteiger partial charge is 0.412 e. The lowest BCUT2D eigenvalue weighted by Gasteiger charge is -2.48. The molecule has 2 bridgehead atoms. The van der Waals surface area contributed by atoms with E-state index in [1.165, 1.54) is 6.07 Å². The average Bonchev–Trinajstić information content (AvgIpc) is 3.16. The van der Waals surface area contributed by atoms with E-state index in [4.69, 9.17) is 4.74 Å². The topological polar surface area (TPSA) is 138 Å². The van der Waals surface area contributed by atoms with Crippen LogP contribution >= 0.6 is 0 Å². The molecule has 270 valence electrons. The molecule has 0 radical (unpaired) electrons. The quantitative estimate of drug-likeness (QED) is 0.0806. The number of aliphatic hydroxyl groups excluding tert-OH is 1. The number of fused-ring (bicyclic) bond motifs is 4. The molecule has 10 nitrogen and oxygen atoms in total. The minimum absolute atomic E-state index is 0.0466. The number of unbranched alkanes of at least 4 members (excludes halogenated alkanes) is 1. The molecule has 5 N–H and O–H groups in total. The van der Waals surface area contributed by atoms with Gasteiger partial charge in [-0.3, -0.25) is 9.69 Å². The van der Waals surface area contributed by atoms with E-state index in [1.54, 1.807) is 23.1 Å². The maximum absolute atomic E-state index is 12.9. The fourth-order valence-corrected chi connectivity index (χ4v) is 7.81. The molecule has 3 aliphatic heterocycles. The Morgan fingerprint density at radius 3 is 2.52 bits per heavy atom. The first kappa shape index (κ1) is 35.3. The van der Waals surface area contributed by atoms with Crippen LogP contribution < -0.4 is 20.5 Å². The number of hydrogen-bond acceptors (Lipinski definition) is 7. The molecule has 0 saturated carbocycles. The highest BCUT2D eigenvalue weighted by atomic mass is 16.5. The summed E-state index contributed by atoms with van der Waals surface area (Å²) in [6.45, 7) is 4.25. The van der Waals surface area contributed by atoms with Gasteiger partial charge in [-0.2, -0.15) is 0 Å².